The molecule has 0 saturated carbocycles. The molecule has 156 valence electrons. The molecular weight excluding hydrogens is 370 g/mol. The summed E-state index contributed by atoms with van der Waals surface area (Å²) in [6.45, 7) is 6.98. The van der Waals surface area contributed by atoms with Crippen LogP contribution in [0.1, 0.15) is 25.0 Å². The first-order chi connectivity index (χ1) is 14.2. The maximum atomic E-state index is 12.4. The lowest BCUT2D eigenvalue weighted by atomic mass is 10.1. The van der Waals surface area contributed by atoms with Crippen molar-refractivity contribution < 1.29 is 19.0 Å². The van der Waals surface area contributed by atoms with Gasteiger partial charge in [-0.2, -0.15) is 0 Å². The second kappa shape index (κ2) is 10.8. The minimum Gasteiger partial charge on any atom is -0.478 e. The first kappa shape index (κ1) is 21.1. The summed E-state index contributed by atoms with van der Waals surface area (Å²) in [6.07, 6.45) is 1.31. The largest absolute Gasteiger partial charge is 0.478 e. The zero-order valence-corrected chi connectivity index (χ0v) is 17.0. The number of ether oxygens (including phenoxy) is 3. The summed E-state index contributed by atoms with van der Waals surface area (Å²) >= 11 is 0. The van der Waals surface area contributed by atoms with Crippen molar-refractivity contribution in [3.63, 3.8) is 0 Å². The molecule has 29 heavy (non-hydrogen) atoms. The molecule has 2 unspecified atom stereocenters. The summed E-state index contributed by atoms with van der Waals surface area (Å²) in [6, 6.07) is 13.6. The molecule has 0 spiro atoms. The summed E-state index contributed by atoms with van der Waals surface area (Å²) in [5.41, 5.74) is 1.97. The maximum Gasteiger partial charge on any atom is 0.410 e. The summed E-state index contributed by atoms with van der Waals surface area (Å²) in [5.74, 6) is 0.644. The smallest absolute Gasteiger partial charge is 0.410 e. The topological polar surface area (TPSA) is 72.9 Å². The quantitative estimate of drug-likeness (QED) is 0.736. The number of nitrogens with one attached hydrogen (secondary N) is 1. The number of nitrogens with zero attached hydrogens (tertiary/aromatic N) is 2. The SMILES string of the molecule is CCOc1ncccc1CNC(C)C1CN(C(=O)OCc2ccccc2)CCO1. The molecule has 0 bridgehead atoms. The fourth-order valence-electron chi connectivity index (χ4n) is 3.18. The van der Waals surface area contributed by atoms with E-state index in [1.807, 2.05) is 49.4 Å². The van der Waals surface area contributed by atoms with Crippen LogP contribution in [0.3, 0.4) is 0 Å². The Morgan fingerprint density at radius 2 is 2.14 bits per heavy atom. The Hall–Kier alpha value is -2.64. The number of amides is 1. The van der Waals surface area contributed by atoms with Crippen molar-refractivity contribution in [1.82, 2.24) is 15.2 Å². The number of carbonyl (C=O) groups is 1. The Morgan fingerprint density at radius 3 is 2.93 bits per heavy atom. The molecule has 1 saturated heterocycles. The normalized spacial score (nSPS) is 17.6. The van der Waals surface area contributed by atoms with Gasteiger partial charge < -0.3 is 24.4 Å². The number of carbonyl (C=O) groups excluding carboxylic acids is 1. The highest BCUT2D eigenvalue weighted by Crippen LogP contribution is 2.16. The number of aromatic nitrogens is 1. The Kier molecular flexibility index (Phi) is 7.84. The molecule has 7 heteroatoms. The Bertz CT molecular complexity index is 772. The van der Waals surface area contributed by atoms with Crippen molar-refractivity contribution >= 4 is 6.09 Å². The minimum atomic E-state index is -0.305. The van der Waals surface area contributed by atoms with Crippen LogP contribution in [0.2, 0.25) is 0 Å². The predicted octanol–water partition coefficient (Wildman–Crippen LogP) is 3.00. The Balaban J connectivity index is 1.48. The summed E-state index contributed by atoms with van der Waals surface area (Å²) in [4.78, 5) is 18.4. The number of morpholine rings is 1. The molecule has 1 aromatic carbocycles. The van der Waals surface area contributed by atoms with E-state index in [0.717, 1.165) is 11.1 Å². The highest BCUT2D eigenvalue weighted by molar-refractivity contribution is 5.67. The van der Waals surface area contributed by atoms with Crippen LogP contribution in [-0.4, -0.2) is 54.4 Å². The van der Waals surface area contributed by atoms with E-state index in [4.69, 9.17) is 14.2 Å². The average Bonchev–Trinajstić information content (AvgIpc) is 2.77. The summed E-state index contributed by atoms with van der Waals surface area (Å²) < 4.78 is 16.9. The Labute approximate surface area is 172 Å². The molecular formula is C22H29N3O4. The van der Waals surface area contributed by atoms with Crippen LogP contribution < -0.4 is 10.1 Å². The molecule has 1 aliphatic heterocycles. The van der Waals surface area contributed by atoms with E-state index in [1.54, 1.807) is 11.1 Å². The molecule has 7 nitrogen and oxygen atoms in total. The van der Waals surface area contributed by atoms with E-state index in [0.29, 0.717) is 38.7 Å². The van der Waals surface area contributed by atoms with E-state index in [9.17, 15) is 4.79 Å². The molecule has 1 amide bonds. The van der Waals surface area contributed by atoms with Crippen molar-refractivity contribution in [3.05, 3.63) is 59.8 Å². The molecule has 1 aliphatic rings. The van der Waals surface area contributed by atoms with Crippen molar-refractivity contribution in [2.75, 3.05) is 26.3 Å². The van der Waals surface area contributed by atoms with Crippen LogP contribution in [0.4, 0.5) is 4.79 Å². The molecule has 1 N–H and O–H groups in total. The van der Waals surface area contributed by atoms with E-state index in [2.05, 4.69) is 17.2 Å². The van der Waals surface area contributed by atoms with Crippen molar-refractivity contribution in [1.29, 1.82) is 0 Å². The van der Waals surface area contributed by atoms with Gasteiger partial charge in [0.25, 0.3) is 0 Å². The van der Waals surface area contributed by atoms with Crippen LogP contribution in [0.15, 0.2) is 48.7 Å². The fraction of sp³-hybridized carbons (Fsp3) is 0.455. The van der Waals surface area contributed by atoms with Crippen molar-refractivity contribution in [2.45, 2.75) is 39.1 Å². The minimum absolute atomic E-state index is 0.0504. The first-order valence-electron chi connectivity index (χ1n) is 10.0. The van der Waals surface area contributed by atoms with E-state index < -0.39 is 0 Å². The zero-order valence-electron chi connectivity index (χ0n) is 17.0. The molecule has 1 fully saturated rings. The third kappa shape index (κ3) is 6.17. The number of benzene rings is 1. The van der Waals surface area contributed by atoms with Crippen LogP contribution in [0.5, 0.6) is 5.88 Å². The molecule has 2 atom stereocenters. The van der Waals surface area contributed by atoms with Gasteiger partial charge in [-0.1, -0.05) is 36.4 Å². The Morgan fingerprint density at radius 1 is 1.31 bits per heavy atom. The highest BCUT2D eigenvalue weighted by atomic mass is 16.6. The van der Waals surface area contributed by atoms with Crippen LogP contribution >= 0.6 is 0 Å². The van der Waals surface area contributed by atoms with E-state index in [-0.39, 0.29) is 24.8 Å². The third-order valence-corrected chi connectivity index (χ3v) is 4.86. The van der Waals surface area contributed by atoms with Crippen LogP contribution in [0, 0.1) is 0 Å². The van der Waals surface area contributed by atoms with Crippen LogP contribution in [-0.2, 0) is 22.6 Å². The van der Waals surface area contributed by atoms with Gasteiger partial charge in [0.15, 0.2) is 0 Å². The highest BCUT2D eigenvalue weighted by Gasteiger charge is 2.29. The summed E-state index contributed by atoms with van der Waals surface area (Å²) in [7, 11) is 0. The number of rotatable bonds is 8. The second-order valence-electron chi connectivity index (χ2n) is 6.97. The second-order valence-corrected chi connectivity index (χ2v) is 6.97. The molecule has 0 aliphatic carbocycles. The molecule has 2 aromatic rings. The summed E-state index contributed by atoms with van der Waals surface area (Å²) in [5, 5.41) is 3.46. The number of pyridine rings is 1. The zero-order chi connectivity index (χ0) is 20.5. The van der Waals surface area contributed by atoms with Gasteiger partial charge in [-0.25, -0.2) is 9.78 Å². The van der Waals surface area contributed by atoms with Gasteiger partial charge in [0, 0.05) is 30.9 Å². The van der Waals surface area contributed by atoms with Gasteiger partial charge in [0.1, 0.15) is 6.61 Å². The number of hydrogen-bond acceptors (Lipinski definition) is 6. The van der Waals surface area contributed by atoms with Gasteiger partial charge in [-0.3, -0.25) is 0 Å². The van der Waals surface area contributed by atoms with Crippen LogP contribution in [0.25, 0.3) is 0 Å². The lowest BCUT2D eigenvalue weighted by Crippen LogP contribution is -2.52. The molecule has 0 radical (unpaired) electrons. The lowest BCUT2D eigenvalue weighted by molar-refractivity contribution is -0.0420. The lowest BCUT2D eigenvalue weighted by Gasteiger charge is -2.35. The molecule has 1 aromatic heterocycles. The average molecular weight is 399 g/mol. The fourth-order valence-corrected chi connectivity index (χ4v) is 3.18. The maximum absolute atomic E-state index is 12.4. The monoisotopic (exact) mass is 399 g/mol. The van der Waals surface area contributed by atoms with E-state index >= 15 is 0 Å². The number of hydrogen-bond donors (Lipinski definition) is 1. The van der Waals surface area contributed by atoms with E-state index in [1.165, 1.54) is 0 Å². The van der Waals surface area contributed by atoms with Gasteiger partial charge in [0.05, 0.1) is 25.9 Å². The van der Waals surface area contributed by atoms with Gasteiger partial charge in [-0.05, 0) is 25.5 Å². The van der Waals surface area contributed by atoms with Gasteiger partial charge in [0.2, 0.25) is 5.88 Å². The van der Waals surface area contributed by atoms with Crippen molar-refractivity contribution in [3.8, 4) is 5.88 Å². The first-order valence-corrected chi connectivity index (χ1v) is 10.0. The standard InChI is InChI=1S/C22H29N3O4/c1-3-27-21-19(10-7-11-23-21)14-24-17(2)20-15-25(12-13-28-20)22(26)29-16-18-8-5-4-6-9-18/h4-11,17,20,24H,3,12-16H2,1-2H3. The van der Waals surface area contributed by atoms with Gasteiger partial charge >= 0.3 is 6.09 Å². The molecule has 3 rings (SSSR count). The molecule has 2 heterocycles. The van der Waals surface area contributed by atoms with Crippen molar-refractivity contribution in [2.24, 2.45) is 0 Å². The predicted molar refractivity (Wildman–Crippen MR) is 110 cm³/mol. The third-order valence-electron chi connectivity index (χ3n) is 4.86. The van der Waals surface area contributed by atoms with Gasteiger partial charge in [-0.15, -0.1) is 0 Å².